The molecule has 0 atom stereocenters. The molecule has 0 saturated heterocycles. The second kappa shape index (κ2) is 13.6. The fraction of sp³-hybridized carbons (Fsp3) is 0.229. The molecule has 0 fully saturated rings. The van der Waals surface area contributed by atoms with E-state index in [9.17, 15) is 29.7 Å². The number of fused-ring (bicyclic) bond motifs is 8. The zero-order chi connectivity index (χ0) is 32.6. The molecule has 0 saturated carbocycles. The van der Waals surface area contributed by atoms with Crippen LogP contribution in [-0.2, 0) is 44.3 Å². The van der Waals surface area contributed by atoms with Crippen LogP contribution < -0.4 is 9.97 Å². The van der Waals surface area contributed by atoms with Crippen LogP contribution in [-0.4, -0.2) is 43.2 Å². The minimum Gasteiger partial charge on any atom is -0.657 e. The van der Waals surface area contributed by atoms with Crippen LogP contribution in [0.3, 0.4) is 0 Å². The molecule has 11 heteroatoms. The zero-order valence-electron chi connectivity index (χ0n) is 25.8. The SMILES string of the molecule is C=CC1=C(C)c2cc3[n-]c(cc4nc(cc5[n-]c(cc1n2)c(C)c5CCC(=O)O)C(C)=C4/C=C/C(=O)O)c(CCC(=O)O)c3C.[Fe+2]. The van der Waals surface area contributed by atoms with Gasteiger partial charge in [-0.15, -0.1) is 22.1 Å². The van der Waals surface area contributed by atoms with Crippen molar-refractivity contribution in [3.8, 4) is 0 Å². The fourth-order valence-corrected chi connectivity index (χ4v) is 5.72. The summed E-state index contributed by atoms with van der Waals surface area (Å²) in [5, 5.41) is 28.3. The van der Waals surface area contributed by atoms with Crippen LogP contribution in [0.1, 0.15) is 71.7 Å². The van der Waals surface area contributed by atoms with Gasteiger partial charge < -0.3 is 25.3 Å². The third-order valence-corrected chi connectivity index (χ3v) is 8.25. The minimum atomic E-state index is -1.12. The van der Waals surface area contributed by atoms with Crippen molar-refractivity contribution in [1.29, 1.82) is 0 Å². The molecule has 0 amide bonds. The van der Waals surface area contributed by atoms with Crippen molar-refractivity contribution in [3.63, 3.8) is 0 Å². The summed E-state index contributed by atoms with van der Waals surface area (Å²) in [6, 6.07) is 7.27. The number of carbonyl (C=O) groups is 3. The third kappa shape index (κ3) is 6.66. The number of rotatable bonds is 9. The molecule has 3 N–H and O–H groups in total. The van der Waals surface area contributed by atoms with E-state index in [4.69, 9.17) is 19.9 Å². The number of allylic oxidation sites excluding steroid dienone is 6. The predicted molar refractivity (Wildman–Crippen MR) is 172 cm³/mol. The van der Waals surface area contributed by atoms with Gasteiger partial charge in [0.1, 0.15) is 0 Å². The maximum Gasteiger partial charge on any atom is 2.00 e. The van der Waals surface area contributed by atoms with Crippen molar-refractivity contribution >= 4 is 62.3 Å². The molecule has 2 aliphatic heterocycles. The molecule has 5 rings (SSSR count). The molecule has 0 unspecified atom stereocenters. The normalized spacial score (nSPS) is 12.9. The van der Waals surface area contributed by atoms with E-state index < -0.39 is 17.9 Å². The van der Waals surface area contributed by atoms with Crippen LogP contribution in [0.15, 0.2) is 49.1 Å². The zero-order valence-corrected chi connectivity index (χ0v) is 26.9. The van der Waals surface area contributed by atoms with Crippen LogP contribution in [0, 0.1) is 13.8 Å². The summed E-state index contributed by atoms with van der Waals surface area (Å²) in [5.41, 5.74) is 10.9. The van der Waals surface area contributed by atoms with E-state index in [1.54, 1.807) is 18.2 Å². The van der Waals surface area contributed by atoms with Crippen LogP contribution in [0.5, 0.6) is 0 Å². The third-order valence-electron chi connectivity index (χ3n) is 8.25. The summed E-state index contributed by atoms with van der Waals surface area (Å²) in [7, 11) is 0. The van der Waals surface area contributed by atoms with Crippen LogP contribution in [0.2, 0.25) is 0 Å². The second-order valence-corrected chi connectivity index (χ2v) is 11.1. The molecule has 3 aromatic rings. The first-order valence-corrected chi connectivity index (χ1v) is 14.4. The van der Waals surface area contributed by atoms with Crippen molar-refractivity contribution < 1.29 is 46.8 Å². The molecule has 0 aliphatic carbocycles. The fourth-order valence-electron chi connectivity index (χ4n) is 5.72. The van der Waals surface area contributed by atoms with Gasteiger partial charge in [0, 0.05) is 30.1 Å². The van der Waals surface area contributed by atoms with Crippen molar-refractivity contribution in [2.45, 2.75) is 53.4 Å². The average Bonchev–Trinajstić information content (AvgIpc) is 3.63. The number of nitrogens with zero attached hydrogens (tertiary/aromatic N) is 4. The molecular weight excluding hydrogens is 628 g/mol. The summed E-state index contributed by atoms with van der Waals surface area (Å²) in [6.07, 6.45) is 4.57. The van der Waals surface area contributed by atoms with E-state index in [2.05, 4.69) is 6.58 Å². The maximum atomic E-state index is 11.5. The molecule has 46 heavy (non-hydrogen) atoms. The Balaban J connectivity index is 0.00000480. The Morgan fingerprint density at radius 2 is 1.11 bits per heavy atom. The summed E-state index contributed by atoms with van der Waals surface area (Å²) in [5.74, 6) is -2.98. The molecule has 3 aromatic heterocycles. The van der Waals surface area contributed by atoms with Crippen molar-refractivity contribution in [2.75, 3.05) is 0 Å². The van der Waals surface area contributed by atoms with Crippen molar-refractivity contribution in [3.05, 3.63) is 94.1 Å². The molecule has 2 aliphatic rings. The first-order valence-electron chi connectivity index (χ1n) is 14.4. The van der Waals surface area contributed by atoms with Gasteiger partial charge in [-0.2, -0.15) is 0 Å². The Bertz CT molecular complexity index is 2060. The summed E-state index contributed by atoms with van der Waals surface area (Å²) in [4.78, 5) is 54.1. The number of hydrogen-bond donors (Lipinski definition) is 3. The topological polar surface area (TPSA) is 166 Å². The second-order valence-electron chi connectivity index (χ2n) is 11.1. The molecule has 236 valence electrons. The number of carboxylic acid groups (broad SMARTS) is 3. The Morgan fingerprint density at radius 1 is 0.696 bits per heavy atom. The maximum absolute atomic E-state index is 11.5. The monoisotopic (exact) mass is 660 g/mol. The standard InChI is InChI=1S/C35H34N4O6.Fe/c1-6-21-17(2)25-13-26-18(3)23(8-11-34(42)43)31(37-26)16-32-24(9-12-35(44)45)20(5)28(39-32)15-30-22(7-10-33(40)41)19(4)27(38-30)14-29(21)36-25;/h6,9,12-16H,1,7-8,10-11H2,2-5H3,(H5,36,37,38,39,40,41,42,43,44,45);/q;+2/p-2/b12-9+,25-13?,26-13?,27-14?,28-15?,29-14?,30-15?,31-16?,32-16?;. The van der Waals surface area contributed by atoms with Gasteiger partial charge in [-0.25, -0.2) is 14.8 Å². The molecule has 0 aromatic carbocycles. The van der Waals surface area contributed by atoms with Gasteiger partial charge in [0.15, 0.2) is 0 Å². The van der Waals surface area contributed by atoms with Gasteiger partial charge in [-0.1, -0.05) is 59.2 Å². The Kier molecular flexibility index (Phi) is 9.99. The molecule has 5 heterocycles. The Morgan fingerprint density at radius 3 is 1.57 bits per heavy atom. The molecule has 0 spiro atoms. The number of aryl methyl sites for hydroxylation is 4. The van der Waals surface area contributed by atoms with Crippen LogP contribution in [0.25, 0.3) is 44.4 Å². The summed E-state index contributed by atoms with van der Waals surface area (Å²) < 4.78 is 0. The number of aromatic nitrogens is 4. The average molecular weight is 661 g/mol. The van der Waals surface area contributed by atoms with E-state index >= 15 is 0 Å². The number of hydrogen-bond acceptors (Lipinski definition) is 5. The van der Waals surface area contributed by atoms with Gasteiger partial charge in [-0.05, 0) is 57.8 Å². The summed E-state index contributed by atoms with van der Waals surface area (Å²) in [6.45, 7) is 11.6. The quantitative estimate of drug-likeness (QED) is 0.186. The largest absolute Gasteiger partial charge is 2.00 e. The van der Waals surface area contributed by atoms with E-state index in [0.717, 1.165) is 39.5 Å². The van der Waals surface area contributed by atoms with Crippen LogP contribution in [0.4, 0.5) is 0 Å². The first-order chi connectivity index (χ1) is 21.4. The molecule has 0 radical (unpaired) electrons. The Labute approximate surface area is 275 Å². The van der Waals surface area contributed by atoms with E-state index in [1.165, 1.54) is 6.08 Å². The predicted octanol–water partition coefficient (Wildman–Crippen LogP) is 5.91. The van der Waals surface area contributed by atoms with E-state index in [0.29, 0.717) is 56.0 Å². The van der Waals surface area contributed by atoms with Gasteiger partial charge >= 0.3 is 35.0 Å². The number of carboxylic acids is 3. The van der Waals surface area contributed by atoms with E-state index in [-0.39, 0.29) is 42.8 Å². The van der Waals surface area contributed by atoms with Gasteiger partial charge in [0.25, 0.3) is 0 Å². The minimum absolute atomic E-state index is 0. The van der Waals surface area contributed by atoms with E-state index in [1.807, 2.05) is 39.8 Å². The molecule has 8 bridgehead atoms. The van der Waals surface area contributed by atoms with Crippen LogP contribution >= 0.6 is 0 Å². The summed E-state index contributed by atoms with van der Waals surface area (Å²) >= 11 is 0. The van der Waals surface area contributed by atoms with Gasteiger partial charge in [0.05, 0.1) is 22.8 Å². The number of aliphatic carboxylic acids is 3. The van der Waals surface area contributed by atoms with Gasteiger partial charge in [-0.3, -0.25) is 9.59 Å². The van der Waals surface area contributed by atoms with Crippen molar-refractivity contribution in [1.82, 2.24) is 19.9 Å². The Hall–Kier alpha value is -4.99. The first kappa shape index (κ1) is 33.9. The van der Waals surface area contributed by atoms with Crippen molar-refractivity contribution in [2.24, 2.45) is 0 Å². The molecule has 10 nitrogen and oxygen atoms in total. The van der Waals surface area contributed by atoms with Gasteiger partial charge in [0.2, 0.25) is 0 Å². The molecular formula is C35H32FeN4O6. The smallest absolute Gasteiger partial charge is 0.657 e.